The summed E-state index contributed by atoms with van der Waals surface area (Å²) < 4.78 is 1.03. The highest BCUT2D eigenvalue weighted by Crippen LogP contribution is 2.30. The van der Waals surface area contributed by atoms with Gasteiger partial charge in [0.2, 0.25) is 0 Å². The highest BCUT2D eigenvalue weighted by Gasteiger charge is 2.12. The second-order valence-electron chi connectivity index (χ2n) is 4.56. The summed E-state index contributed by atoms with van der Waals surface area (Å²) in [5.41, 5.74) is 2.58. The van der Waals surface area contributed by atoms with E-state index in [1.807, 2.05) is 54.1 Å². The van der Waals surface area contributed by atoms with Crippen molar-refractivity contribution in [2.45, 2.75) is 6.92 Å². The summed E-state index contributed by atoms with van der Waals surface area (Å²) in [7, 11) is 0. The Balaban J connectivity index is 2.02. The van der Waals surface area contributed by atoms with Crippen LogP contribution >= 0.6 is 27.3 Å². The molecule has 3 rings (SSSR count). The zero-order valence-corrected chi connectivity index (χ0v) is 13.2. The molecule has 0 bridgehead atoms. The first-order valence-corrected chi connectivity index (χ1v) is 7.92. The van der Waals surface area contributed by atoms with E-state index in [0.717, 1.165) is 32.1 Å². The molecule has 0 aliphatic carbocycles. The number of amides is 1. The number of rotatable bonds is 2. The number of nitrogens with one attached hydrogen (secondary N) is 1. The van der Waals surface area contributed by atoms with Crippen LogP contribution in [0.4, 0.5) is 5.69 Å². The van der Waals surface area contributed by atoms with Gasteiger partial charge < -0.3 is 5.32 Å². The Kier molecular flexibility index (Phi) is 3.59. The van der Waals surface area contributed by atoms with E-state index in [0.29, 0.717) is 0 Å². The van der Waals surface area contributed by atoms with Gasteiger partial charge in [-0.2, -0.15) is 11.3 Å². The van der Waals surface area contributed by atoms with Gasteiger partial charge in [0.25, 0.3) is 5.91 Å². The van der Waals surface area contributed by atoms with Crippen molar-refractivity contribution in [2.75, 3.05) is 5.32 Å². The van der Waals surface area contributed by atoms with Crippen molar-refractivity contribution in [3.05, 3.63) is 62.8 Å². The number of carbonyl (C=O) groups is 1. The lowest BCUT2D eigenvalue weighted by Crippen LogP contribution is -2.12. The van der Waals surface area contributed by atoms with E-state index in [4.69, 9.17) is 0 Å². The van der Waals surface area contributed by atoms with Crippen molar-refractivity contribution < 1.29 is 4.79 Å². The zero-order valence-electron chi connectivity index (χ0n) is 10.8. The molecule has 0 radical (unpaired) electrons. The molecule has 0 atom stereocenters. The minimum atomic E-state index is -0.0591. The molecule has 1 N–H and O–H groups in total. The van der Waals surface area contributed by atoms with E-state index in [1.165, 1.54) is 0 Å². The SMILES string of the molecule is Cc1cscc1C(=O)Nc1ccc(Br)c2ccccc12. The molecule has 0 saturated carbocycles. The first-order chi connectivity index (χ1) is 9.66. The van der Waals surface area contributed by atoms with Gasteiger partial charge in [0.05, 0.1) is 5.56 Å². The molecule has 0 spiro atoms. The second kappa shape index (κ2) is 5.38. The maximum atomic E-state index is 12.3. The second-order valence-corrected chi connectivity index (χ2v) is 6.16. The van der Waals surface area contributed by atoms with E-state index in [9.17, 15) is 4.79 Å². The third-order valence-corrected chi connectivity index (χ3v) is 4.77. The van der Waals surface area contributed by atoms with Crippen molar-refractivity contribution in [3.8, 4) is 0 Å². The number of fused-ring (bicyclic) bond motifs is 1. The third kappa shape index (κ3) is 2.37. The van der Waals surface area contributed by atoms with Crippen molar-refractivity contribution in [1.82, 2.24) is 0 Å². The third-order valence-electron chi connectivity index (χ3n) is 3.22. The Morgan fingerprint density at radius 1 is 1.10 bits per heavy atom. The van der Waals surface area contributed by atoms with Crippen LogP contribution in [-0.4, -0.2) is 5.91 Å². The summed E-state index contributed by atoms with van der Waals surface area (Å²) in [6.45, 7) is 1.95. The average molecular weight is 346 g/mol. The first-order valence-electron chi connectivity index (χ1n) is 6.18. The van der Waals surface area contributed by atoms with Crippen molar-refractivity contribution in [3.63, 3.8) is 0 Å². The van der Waals surface area contributed by atoms with Gasteiger partial charge in [-0.3, -0.25) is 4.79 Å². The lowest BCUT2D eigenvalue weighted by atomic mass is 10.1. The van der Waals surface area contributed by atoms with Gasteiger partial charge >= 0.3 is 0 Å². The van der Waals surface area contributed by atoms with Crippen LogP contribution in [-0.2, 0) is 0 Å². The van der Waals surface area contributed by atoms with E-state index >= 15 is 0 Å². The van der Waals surface area contributed by atoms with Gasteiger partial charge in [0.1, 0.15) is 0 Å². The van der Waals surface area contributed by atoms with Crippen LogP contribution in [0.5, 0.6) is 0 Å². The Bertz CT molecular complexity index is 794. The van der Waals surface area contributed by atoms with Crippen LogP contribution in [0.25, 0.3) is 10.8 Å². The minimum Gasteiger partial charge on any atom is -0.321 e. The van der Waals surface area contributed by atoms with Crippen LogP contribution in [0.15, 0.2) is 51.6 Å². The Labute approximate surface area is 129 Å². The van der Waals surface area contributed by atoms with Crippen LogP contribution in [0.2, 0.25) is 0 Å². The molecule has 1 aromatic heterocycles. The monoisotopic (exact) mass is 345 g/mol. The molecule has 1 amide bonds. The summed E-state index contributed by atoms with van der Waals surface area (Å²) >= 11 is 5.08. The number of thiophene rings is 1. The molecule has 4 heteroatoms. The van der Waals surface area contributed by atoms with Gasteiger partial charge in [0, 0.05) is 20.9 Å². The molecule has 0 unspecified atom stereocenters. The number of halogens is 1. The quantitative estimate of drug-likeness (QED) is 0.677. The fourth-order valence-corrected chi connectivity index (χ4v) is 3.46. The Hall–Kier alpha value is -1.65. The summed E-state index contributed by atoms with van der Waals surface area (Å²) in [4.78, 5) is 12.3. The topological polar surface area (TPSA) is 29.1 Å². The van der Waals surface area contributed by atoms with E-state index in [1.54, 1.807) is 11.3 Å². The molecule has 0 fully saturated rings. The number of anilines is 1. The highest BCUT2D eigenvalue weighted by molar-refractivity contribution is 9.10. The largest absolute Gasteiger partial charge is 0.321 e. The van der Waals surface area contributed by atoms with Crippen LogP contribution in [0, 0.1) is 6.92 Å². The molecular formula is C16H12BrNOS. The van der Waals surface area contributed by atoms with Gasteiger partial charge in [-0.25, -0.2) is 0 Å². The number of aryl methyl sites for hydroxylation is 1. The average Bonchev–Trinajstić information content (AvgIpc) is 2.88. The predicted octanol–water partition coefficient (Wildman–Crippen LogP) is 5.22. The fourth-order valence-electron chi connectivity index (χ4n) is 2.15. The molecular weight excluding hydrogens is 334 g/mol. The molecule has 3 aromatic rings. The maximum absolute atomic E-state index is 12.3. The number of carbonyl (C=O) groups excluding carboxylic acids is 1. The van der Waals surface area contributed by atoms with Crippen LogP contribution < -0.4 is 5.32 Å². The molecule has 1 heterocycles. The Morgan fingerprint density at radius 3 is 2.55 bits per heavy atom. The zero-order chi connectivity index (χ0) is 14.1. The number of hydrogen-bond donors (Lipinski definition) is 1. The lowest BCUT2D eigenvalue weighted by molar-refractivity contribution is 0.102. The van der Waals surface area contributed by atoms with Crippen molar-refractivity contribution in [2.24, 2.45) is 0 Å². The highest BCUT2D eigenvalue weighted by atomic mass is 79.9. The molecule has 2 aromatic carbocycles. The molecule has 0 aliphatic rings. The summed E-state index contributed by atoms with van der Waals surface area (Å²) in [6.07, 6.45) is 0. The van der Waals surface area contributed by atoms with Gasteiger partial charge in [-0.15, -0.1) is 0 Å². The normalized spacial score (nSPS) is 10.7. The Morgan fingerprint density at radius 2 is 1.85 bits per heavy atom. The molecule has 0 saturated heterocycles. The predicted molar refractivity (Wildman–Crippen MR) is 88.7 cm³/mol. The van der Waals surface area contributed by atoms with Crippen molar-refractivity contribution >= 4 is 49.6 Å². The smallest absolute Gasteiger partial charge is 0.256 e. The summed E-state index contributed by atoms with van der Waals surface area (Å²) in [5, 5.41) is 8.98. The molecule has 100 valence electrons. The molecule has 2 nitrogen and oxygen atoms in total. The molecule has 0 aliphatic heterocycles. The minimum absolute atomic E-state index is 0.0591. The fraction of sp³-hybridized carbons (Fsp3) is 0.0625. The lowest BCUT2D eigenvalue weighted by Gasteiger charge is -2.10. The molecule has 20 heavy (non-hydrogen) atoms. The van der Waals surface area contributed by atoms with E-state index < -0.39 is 0 Å². The van der Waals surface area contributed by atoms with Gasteiger partial charge in [-0.1, -0.05) is 40.2 Å². The first kappa shape index (κ1) is 13.3. The number of benzene rings is 2. The van der Waals surface area contributed by atoms with E-state index in [2.05, 4.69) is 21.2 Å². The van der Waals surface area contributed by atoms with E-state index in [-0.39, 0.29) is 5.91 Å². The standard InChI is InChI=1S/C16H12BrNOS/c1-10-8-20-9-13(10)16(19)18-15-7-6-14(17)11-4-2-3-5-12(11)15/h2-9H,1H3,(H,18,19). The number of hydrogen-bond acceptors (Lipinski definition) is 2. The van der Waals surface area contributed by atoms with Gasteiger partial charge in [-0.05, 0) is 35.4 Å². The summed E-state index contributed by atoms with van der Waals surface area (Å²) in [5.74, 6) is -0.0591. The van der Waals surface area contributed by atoms with Crippen LogP contribution in [0.1, 0.15) is 15.9 Å². The van der Waals surface area contributed by atoms with Crippen LogP contribution in [0.3, 0.4) is 0 Å². The maximum Gasteiger partial charge on any atom is 0.256 e. The van der Waals surface area contributed by atoms with Crippen molar-refractivity contribution in [1.29, 1.82) is 0 Å². The van der Waals surface area contributed by atoms with Gasteiger partial charge in [0.15, 0.2) is 0 Å². The summed E-state index contributed by atoms with van der Waals surface area (Å²) in [6, 6.07) is 11.9.